The Bertz CT molecular complexity index is 859. The predicted octanol–water partition coefficient (Wildman–Crippen LogP) is 3.01. The highest BCUT2D eigenvalue weighted by Gasteiger charge is 2.15. The summed E-state index contributed by atoms with van der Waals surface area (Å²) in [6, 6.07) is 12.1. The fraction of sp³-hybridized carbons (Fsp3) is 0.278. The van der Waals surface area contributed by atoms with E-state index in [2.05, 4.69) is 33.9 Å². The molecule has 1 atom stereocenters. The Morgan fingerprint density at radius 1 is 1.29 bits per heavy atom. The number of benzene rings is 1. The van der Waals surface area contributed by atoms with Gasteiger partial charge in [-0.2, -0.15) is 0 Å². The van der Waals surface area contributed by atoms with Gasteiger partial charge < -0.3 is 9.47 Å². The number of ether oxygens (including phenoxy) is 2. The summed E-state index contributed by atoms with van der Waals surface area (Å²) in [5.41, 5.74) is 2.71. The average molecular weight is 325 g/mol. The predicted molar refractivity (Wildman–Crippen MR) is 89.4 cm³/mol. The summed E-state index contributed by atoms with van der Waals surface area (Å²) >= 11 is 0. The van der Waals surface area contributed by atoms with Crippen molar-refractivity contribution in [3.8, 4) is 5.75 Å². The van der Waals surface area contributed by atoms with Crippen LogP contribution in [0, 0.1) is 6.92 Å². The van der Waals surface area contributed by atoms with Crippen molar-refractivity contribution in [2.45, 2.75) is 19.8 Å². The zero-order valence-corrected chi connectivity index (χ0v) is 13.9. The van der Waals surface area contributed by atoms with Gasteiger partial charge in [0.25, 0.3) is 5.82 Å². The molecule has 124 valence electrons. The van der Waals surface area contributed by atoms with Crippen LogP contribution in [0.4, 0.5) is 0 Å². The van der Waals surface area contributed by atoms with Gasteiger partial charge in [-0.25, -0.2) is 14.3 Å². The summed E-state index contributed by atoms with van der Waals surface area (Å²) in [6.45, 7) is 4.57. The first-order valence-corrected chi connectivity index (χ1v) is 7.71. The van der Waals surface area contributed by atoms with E-state index < -0.39 is 5.97 Å². The molecule has 6 heteroatoms. The lowest BCUT2D eigenvalue weighted by molar-refractivity contribution is 0.0587. The second-order valence-corrected chi connectivity index (χ2v) is 5.68. The second kappa shape index (κ2) is 6.70. The number of hydrogen-bond donors (Lipinski definition) is 0. The largest absolute Gasteiger partial charge is 0.491 e. The van der Waals surface area contributed by atoms with Crippen molar-refractivity contribution in [1.82, 2.24) is 14.6 Å². The van der Waals surface area contributed by atoms with Gasteiger partial charge in [0.2, 0.25) is 0 Å². The third-order valence-electron chi connectivity index (χ3n) is 3.83. The molecule has 0 aliphatic carbocycles. The zero-order valence-electron chi connectivity index (χ0n) is 13.9. The summed E-state index contributed by atoms with van der Waals surface area (Å²) in [5, 5.41) is 4.14. The summed E-state index contributed by atoms with van der Waals surface area (Å²) in [4.78, 5) is 15.7. The molecule has 0 saturated heterocycles. The Hall–Kier alpha value is -2.89. The maximum absolute atomic E-state index is 11.6. The van der Waals surface area contributed by atoms with Gasteiger partial charge in [-0.15, -0.1) is 5.10 Å². The second-order valence-electron chi connectivity index (χ2n) is 5.68. The first-order valence-electron chi connectivity index (χ1n) is 7.71. The lowest BCUT2D eigenvalue weighted by Crippen LogP contribution is -2.08. The van der Waals surface area contributed by atoms with E-state index in [9.17, 15) is 4.79 Å². The first-order chi connectivity index (χ1) is 11.6. The molecular formula is C18H19N3O3. The molecule has 0 aliphatic rings. The molecule has 0 radical (unpaired) electrons. The molecule has 24 heavy (non-hydrogen) atoms. The SMILES string of the molecule is COC(=O)c1nc2c(C)cc(OC[C@H](C)c3ccccc3)cn2n1. The molecule has 3 rings (SSSR count). The maximum Gasteiger partial charge on any atom is 0.377 e. The number of aryl methyl sites for hydroxylation is 1. The van der Waals surface area contributed by atoms with Gasteiger partial charge in [0, 0.05) is 5.92 Å². The van der Waals surface area contributed by atoms with E-state index in [1.165, 1.54) is 12.7 Å². The Morgan fingerprint density at radius 2 is 2.04 bits per heavy atom. The summed E-state index contributed by atoms with van der Waals surface area (Å²) < 4.78 is 12.1. The molecule has 1 aromatic carbocycles. The number of nitrogens with zero attached hydrogens (tertiary/aromatic N) is 3. The highest BCUT2D eigenvalue weighted by Crippen LogP contribution is 2.20. The van der Waals surface area contributed by atoms with Crippen LogP contribution in [0.3, 0.4) is 0 Å². The highest BCUT2D eigenvalue weighted by atomic mass is 16.5. The smallest absolute Gasteiger partial charge is 0.377 e. The van der Waals surface area contributed by atoms with Crippen LogP contribution in [0.1, 0.15) is 34.6 Å². The van der Waals surface area contributed by atoms with Crippen LogP contribution in [0.5, 0.6) is 5.75 Å². The molecule has 0 aliphatic heterocycles. The van der Waals surface area contributed by atoms with Gasteiger partial charge in [0.15, 0.2) is 5.65 Å². The third-order valence-corrected chi connectivity index (χ3v) is 3.83. The van der Waals surface area contributed by atoms with Gasteiger partial charge in [-0.1, -0.05) is 37.3 Å². The number of pyridine rings is 1. The van der Waals surface area contributed by atoms with Crippen LogP contribution in [-0.2, 0) is 4.74 Å². The van der Waals surface area contributed by atoms with Crippen molar-refractivity contribution >= 4 is 11.6 Å². The van der Waals surface area contributed by atoms with Gasteiger partial charge in [0.05, 0.1) is 19.9 Å². The Morgan fingerprint density at radius 3 is 2.75 bits per heavy atom. The van der Waals surface area contributed by atoms with Gasteiger partial charge in [-0.05, 0) is 24.1 Å². The van der Waals surface area contributed by atoms with Crippen molar-refractivity contribution in [3.63, 3.8) is 0 Å². The van der Waals surface area contributed by atoms with Crippen molar-refractivity contribution < 1.29 is 14.3 Å². The van der Waals surface area contributed by atoms with E-state index in [0.717, 1.165) is 5.56 Å². The fourth-order valence-electron chi connectivity index (χ4n) is 2.47. The number of esters is 1. The molecule has 0 N–H and O–H groups in total. The quantitative estimate of drug-likeness (QED) is 0.675. The number of carbonyl (C=O) groups excluding carboxylic acids is 1. The Kier molecular flexibility index (Phi) is 4.46. The van der Waals surface area contributed by atoms with E-state index in [0.29, 0.717) is 18.0 Å². The number of rotatable bonds is 5. The average Bonchev–Trinajstić information content (AvgIpc) is 3.04. The van der Waals surface area contributed by atoms with Gasteiger partial charge >= 0.3 is 5.97 Å². The molecule has 3 aromatic rings. The number of aromatic nitrogens is 3. The number of methoxy groups -OCH3 is 1. The van der Waals surface area contributed by atoms with Crippen LogP contribution in [-0.4, -0.2) is 34.3 Å². The summed E-state index contributed by atoms with van der Waals surface area (Å²) in [6.07, 6.45) is 1.72. The Balaban J connectivity index is 1.79. The normalized spacial score (nSPS) is 12.1. The monoisotopic (exact) mass is 325 g/mol. The van der Waals surface area contributed by atoms with E-state index in [-0.39, 0.29) is 11.7 Å². The topological polar surface area (TPSA) is 65.7 Å². The van der Waals surface area contributed by atoms with Crippen molar-refractivity contribution in [1.29, 1.82) is 0 Å². The van der Waals surface area contributed by atoms with E-state index in [1.807, 2.05) is 31.2 Å². The highest BCUT2D eigenvalue weighted by molar-refractivity contribution is 5.85. The van der Waals surface area contributed by atoms with Gasteiger partial charge in [-0.3, -0.25) is 0 Å². The minimum absolute atomic E-state index is 0.0374. The molecule has 6 nitrogen and oxygen atoms in total. The lowest BCUT2D eigenvalue weighted by atomic mass is 10.0. The minimum atomic E-state index is -0.557. The first kappa shape index (κ1) is 16.0. The van der Waals surface area contributed by atoms with Crippen molar-refractivity contribution in [2.24, 2.45) is 0 Å². The van der Waals surface area contributed by atoms with Crippen molar-refractivity contribution in [2.75, 3.05) is 13.7 Å². The van der Waals surface area contributed by atoms with Gasteiger partial charge in [0.1, 0.15) is 5.75 Å². The molecular weight excluding hydrogens is 306 g/mol. The van der Waals surface area contributed by atoms with Crippen LogP contribution in [0.25, 0.3) is 5.65 Å². The third kappa shape index (κ3) is 3.22. The van der Waals surface area contributed by atoms with Crippen LogP contribution in [0.2, 0.25) is 0 Å². The molecule has 0 unspecified atom stereocenters. The fourth-order valence-corrected chi connectivity index (χ4v) is 2.47. The van der Waals surface area contributed by atoms with E-state index >= 15 is 0 Å². The lowest BCUT2D eigenvalue weighted by Gasteiger charge is -2.14. The minimum Gasteiger partial charge on any atom is -0.491 e. The van der Waals surface area contributed by atoms with Crippen molar-refractivity contribution in [3.05, 3.63) is 59.5 Å². The standard InChI is InChI=1S/C18H19N3O3/c1-12-9-15(24-11-13(2)14-7-5-4-6-8-14)10-21-17(12)19-16(20-21)18(22)23-3/h4-10,13H,11H2,1-3H3/t13-/m0/s1. The van der Waals surface area contributed by atoms with Crippen LogP contribution < -0.4 is 4.74 Å². The molecule has 0 bridgehead atoms. The summed E-state index contributed by atoms with van der Waals surface area (Å²) in [5.74, 6) is 0.432. The number of carbonyl (C=O) groups is 1. The molecule has 0 amide bonds. The maximum atomic E-state index is 11.6. The van der Waals surface area contributed by atoms with E-state index in [1.54, 1.807) is 10.7 Å². The van der Waals surface area contributed by atoms with E-state index in [4.69, 9.17) is 4.74 Å². The molecule has 0 saturated carbocycles. The summed E-state index contributed by atoms with van der Waals surface area (Å²) in [7, 11) is 1.31. The molecule has 2 aromatic heterocycles. The van der Waals surface area contributed by atoms with Crippen LogP contribution in [0.15, 0.2) is 42.6 Å². The Labute approximate surface area is 140 Å². The number of fused-ring (bicyclic) bond motifs is 1. The number of hydrogen-bond acceptors (Lipinski definition) is 5. The van der Waals surface area contributed by atoms with Crippen LogP contribution >= 0.6 is 0 Å². The molecule has 0 spiro atoms. The zero-order chi connectivity index (χ0) is 17.1. The molecule has 2 heterocycles. The molecule has 0 fully saturated rings.